The van der Waals surface area contributed by atoms with Crippen molar-refractivity contribution < 1.29 is 9.90 Å². The van der Waals surface area contributed by atoms with Crippen LogP contribution in [0.5, 0.6) is 0 Å². The number of amides is 1. The van der Waals surface area contributed by atoms with Crippen LogP contribution in [0.25, 0.3) is 5.69 Å². The summed E-state index contributed by atoms with van der Waals surface area (Å²) in [6.45, 7) is 0.579. The van der Waals surface area contributed by atoms with E-state index >= 15 is 0 Å². The van der Waals surface area contributed by atoms with Crippen molar-refractivity contribution >= 4 is 5.91 Å². The number of aliphatic hydroxyl groups excluding tert-OH is 1. The van der Waals surface area contributed by atoms with Crippen LogP contribution in [0.15, 0.2) is 67.0 Å². The number of hydrogen-bond acceptors (Lipinski definition) is 3. The molecule has 5 heteroatoms. The molecule has 3 aromatic rings. The highest BCUT2D eigenvalue weighted by molar-refractivity contribution is 5.78. The van der Waals surface area contributed by atoms with Crippen molar-refractivity contribution in [3.8, 4) is 5.69 Å². The lowest BCUT2D eigenvalue weighted by Crippen LogP contribution is -2.27. The highest BCUT2D eigenvalue weighted by atomic mass is 16.3. The summed E-state index contributed by atoms with van der Waals surface area (Å²) in [7, 11) is 1.81. The Bertz CT molecular complexity index is 809. The van der Waals surface area contributed by atoms with Crippen LogP contribution >= 0.6 is 0 Å². The van der Waals surface area contributed by atoms with Crippen molar-refractivity contribution in [1.29, 1.82) is 0 Å². The topological polar surface area (TPSA) is 58.4 Å². The first kappa shape index (κ1) is 16.9. The molecule has 0 bridgehead atoms. The van der Waals surface area contributed by atoms with E-state index in [-0.39, 0.29) is 12.5 Å². The summed E-state index contributed by atoms with van der Waals surface area (Å²) in [5, 5.41) is 13.3. The highest BCUT2D eigenvalue weighted by Gasteiger charge is 2.10. The lowest BCUT2D eigenvalue weighted by atomic mass is 10.1. The van der Waals surface area contributed by atoms with Gasteiger partial charge in [0.25, 0.3) is 0 Å². The summed E-state index contributed by atoms with van der Waals surface area (Å²) >= 11 is 0. The molecule has 0 spiro atoms. The third-order valence-electron chi connectivity index (χ3n) is 4.11. The average Bonchev–Trinajstić information content (AvgIpc) is 3.17. The fourth-order valence-corrected chi connectivity index (χ4v) is 2.61. The van der Waals surface area contributed by atoms with Gasteiger partial charge in [-0.15, -0.1) is 0 Å². The van der Waals surface area contributed by atoms with Crippen molar-refractivity contribution in [3.63, 3.8) is 0 Å². The Hall–Kier alpha value is -2.92. The summed E-state index contributed by atoms with van der Waals surface area (Å²) < 4.78 is 1.80. The Balaban J connectivity index is 1.59. The van der Waals surface area contributed by atoms with Crippen LogP contribution in [0.2, 0.25) is 0 Å². The molecular formula is C20H21N3O2. The Morgan fingerprint density at radius 3 is 2.28 bits per heavy atom. The fraction of sp³-hybridized carbons (Fsp3) is 0.200. The molecule has 1 N–H and O–H groups in total. The Labute approximate surface area is 147 Å². The van der Waals surface area contributed by atoms with Gasteiger partial charge in [-0.25, -0.2) is 4.68 Å². The van der Waals surface area contributed by atoms with Crippen molar-refractivity contribution in [2.24, 2.45) is 0 Å². The Kier molecular flexibility index (Phi) is 5.26. The number of nitrogens with zero attached hydrogens (tertiary/aromatic N) is 3. The van der Waals surface area contributed by atoms with Gasteiger partial charge in [0, 0.05) is 26.0 Å². The molecule has 3 rings (SSSR count). The normalized spacial score (nSPS) is 10.6. The monoisotopic (exact) mass is 335 g/mol. The van der Waals surface area contributed by atoms with E-state index in [0.717, 1.165) is 22.4 Å². The van der Waals surface area contributed by atoms with Crippen molar-refractivity contribution in [2.45, 2.75) is 19.6 Å². The van der Waals surface area contributed by atoms with Gasteiger partial charge >= 0.3 is 0 Å². The van der Waals surface area contributed by atoms with E-state index in [1.54, 1.807) is 15.8 Å². The number of hydrogen-bond donors (Lipinski definition) is 1. The smallest absolute Gasteiger partial charge is 0.227 e. The van der Waals surface area contributed by atoms with Crippen LogP contribution in [-0.2, 0) is 24.4 Å². The number of carbonyl (C=O) groups excluding carboxylic acids is 1. The predicted octanol–water partition coefficient (Wildman–Crippen LogP) is 2.57. The minimum Gasteiger partial charge on any atom is -0.392 e. The molecule has 25 heavy (non-hydrogen) atoms. The SMILES string of the molecule is CN(Cc1ccc(-n2cccn2)cc1)C(=O)Cc1ccc(CO)cc1. The summed E-state index contributed by atoms with van der Waals surface area (Å²) in [5.41, 5.74) is 3.86. The van der Waals surface area contributed by atoms with Crippen LogP contribution in [0, 0.1) is 0 Å². The maximum Gasteiger partial charge on any atom is 0.227 e. The molecule has 128 valence electrons. The quantitative estimate of drug-likeness (QED) is 0.753. The molecule has 0 fully saturated rings. The number of benzene rings is 2. The van der Waals surface area contributed by atoms with Gasteiger partial charge in [-0.1, -0.05) is 36.4 Å². The second kappa shape index (κ2) is 7.77. The number of aromatic nitrogens is 2. The molecule has 0 radical (unpaired) electrons. The van der Waals surface area contributed by atoms with Crippen molar-refractivity contribution in [1.82, 2.24) is 14.7 Å². The Morgan fingerprint density at radius 1 is 1.04 bits per heavy atom. The van der Waals surface area contributed by atoms with Crippen LogP contribution in [0.3, 0.4) is 0 Å². The molecule has 1 heterocycles. The van der Waals surface area contributed by atoms with Gasteiger partial charge in [0.15, 0.2) is 0 Å². The zero-order valence-electron chi connectivity index (χ0n) is 14.2. The number of rotatable bonds is 6. The lowest BCUT2D eigenvalue weighted by Gasteiger charge is -2.17. The standard InChI is InChI=1S/C20H21N3O2/c1-22(20(25)13-16-3-5-18(15-24)6-4-16)14-17-7-9-19(10-8-17)23-12-2-11-21-23/h2-12,24H,13-15H2,1H3. The number of aliphatic hydroxyl groups is 1. The maximum absolute atomic E-state index is 12.4. The minimum absolute atomic E-state index is 0.0165. The number of carbonyl (C=O) groups is 1. The first-order valence-corrected chi connectivity index (χ1v) is 8.17. The van der Waals surface area contributed by atoms with Gasteiger partial charge < -0.3 is 10.0 Å². The Morgan fingerprint density at radius 2 is 1.68 bits per heavy atom. The third-order valence-corrected chi connectivity index (χ3v) is 4.11. The summed E-state index contributed by atoms with van der Waals surface area (Å²) in [5.74, 6) is 0.0629. The molecule has 0 aliphatic heterocycles. The summed E-state index contributed by atoms with van der Waals surface area (Å²) in [4.78, 5) is 14.1. The molecule has 0 aliphatic carbocycles. The van der Waals surface area contributed by atoms with Crippen LogP contribution in [0.4, 0.5) is 0 Å². The van der Waals surface area contributed by atoms with E-state index in [4.69, 9.17) is 5.11 Å². The summed E-state index contributed by atoms with van der Waals surface area (Å²) in [6, 6.07) is 17.4. The maximum atomic E-state index is 12.4. The molecule has 0 aliphatic rings. The van der Waals surface area contributed by atoms with Crippen LogP contribution < -0.4 is 0 Å². The average molecular weight is 335 g/mol. The van der Waals surface area contributed by atoms with Gasteiger partial charge in [0.2, 0.25) is 5.91 Å². The largest absolute Gasteiger partial charge is 0.392 e. The molecule has 1 aromatic heterocycles. The molecule has 0 unspecified atom stereocenters. The van der Waals surface area contributed by atoms with Gasteiger partial charge in [0.05, 0.1) is 18.7 Å². The van der Waals surface area contributed by atoms with E-state index in [1.165, 1.54) is 0 Å². The molecule has 5 nitrogen and oxygen atoms in total. The third kappa shape index (κ3) is 4.33. The highest BCUT2D eigenvalue weighted by Crippen LogP contribution is 2.12. The van der Waals surface area contributed by atoms with Crippen LogP contribution in [-0.4, -0.2) is 32.7 Å². The molecular weight excluding hydrogens is 314 g/mol. The molecule has 0 saturated heterocycles. The second-order valence-electron chi connectivity index (χ2n) is 6.02. The van der Waals surface area contributed by atoms with Crippen molar-refractivity contribution in [3.05, 3.63) is 83.7 Å². The lowest BCUT2D eigenvalue weighted by molar-refractivity contribution is -0.129. The van der Waals surface area contributed by atoms with Crippen LogP contribution in [0.1, 0.15) is 16.7 Å². The fourth-order valence-electron chi connectivity index (χ4n) is 2.61. The van der Waals surface area contributed by atoms with E-state index < -0.39 is 0 Å². The number of likely N-dealkylation sites (N-methyl/N-ethyl adjacent to an activating group) is 1. The first-order chi connectivity index (χ1) is 12.2. The molecule has 0 atom stereocenters. The molecule has 0 saturated carbocycles. The zero-order chi connectivity index (χ0) is 17.6. The summed E-state index contributed by atoms with van der Waals surface area (Å²) in [6.07, 6.45) is 3.99. The minimum atomic E-state index is 0.0165. The second-order valence-corrected chi connectivity index (χ2v) is 6.02. The van der Waals surface area contributed by atoms with E-state index in [9.17, 15) is 4.79 Å². The van der Waals surface area contributed by atoms with Gasteiger partial charge in [-0.3, -0.25) is 4.79 Å². The van der Waals surface area contributed by atoms with E-state index in [1.807, 2.05) is 67.8 Å². The van der Waals surface area contributed by atoms with Gasteiger partial charge in [-0.05, 0) is 34.9 Å². The zero-order valence-corrected chi connectivity index (χ0v) is 14.2. The van der Waals surface area contributed by atoms with Crippen molar-refractivity contribution in [2.75, 3.05) is 7.05 Å². The van der Waals surface area contributed by atoms with E-state index in [2.05, 4.69) is 5.10 Å². The van der Waals surface area contributed by atoms with E-state index in [0.29, 0.717) is 13.0 Å². The molecule has 2 aromatic carbocycles. The molecule has 1 amide bonds. The first-order valence-electron chi connectivity index (χ1n) is 8.17. The predicted molar refractivity (Wildman–Crippen MR) is 96.1 cm³/mol. The van der Waals surface area contributed by atoms with Gasteiger partial charge in [0.1, 0.15) is 0 Å². The van der Waals surface area contributed by atoms with Gasteiger partial charge in [-0.2, -0.15) is 5.10 Å².